The van der Waals surface area contributed by atoms with Gasteiger partial charge in [0.2, 0.25) is 0 Å². The van der Waals surface area contributed by atoms with Crippen LogP contribution in [0.25, 0.3) is 66.8 Å². The second kappa shape index (κ2) is 22.6. The second-order valence-electron chi connectivity index (χ2n) is 18.8. The molecule has 0 bridgehead atoms. The van der Waals surface area contributed by atoms with E-state index in [0.717, 1.165) is 66.8 Å². The third-order valence-electron chi connectivity index (χ3n) is 14.0. The van der Waals surface area contributed by atoms with Crippen molar-refractivity contribution in [1.82, 2.24) is 0 Å². The molecule has 0 aliphatic heterocycles. The van der Waals surface area contributed by atoms with Crippen molar-refractivity contribution < 1.29 is 15.3 Å². The molecule has 0 unspecified atom stereocenters. The molecule has 0 aromatic heterocycles. The maximum absolute atomic E-state index is 13.0. The van der Waals surface area contributed by atoms with Crippen molar-refractivity contribution in [2.45, 2.75) is 83.1 Å². The van der Waals surface area contributed by atoms with E-state index < -0.39 is 0 Å². The molecule has 0 atom stereocenters. The first-order valence-electron chi connectivity index (χ1n) is 23.8. The molecule has 0 aliphatic rings. The van der Waals surface area contributed by atoms with Crippen LogP contribution in [0.5, 0.6) is 17.2 Å². The van der Waals surface area contributed by atoms with Gasteiger partial charge in [-0.2, -0.15) is 0 Å². The van der Waals surface area contributed by atoms with Gasteiger partial charge in [-0.25, -0.2) is 0 Å². The fraction of sp³-hybridized carbons (Fsp3) is 0.182. The fourth-order valence-corrected chi connectivity index (χ4v) is 8.43. The van der Waals surface area contributed by atoms with E-state index in [1.165, 1.54) is 66.8 Å². The van der Waals surface area contributed by atoms with Crippen LogP contribution < -0.4 is 15.3 Å². The number of rotatable bonds is 6. The smallest absolute Gasteiger partial charge is 0.872 e. The molecule has 0 heterocycles. The van der Waals surface area contributed by atoms with Gasteiger partial charge in [0.05, 0.1) is 0 Å². The standard InChI is InChI=1S/3C22H22O.Al/c3*1-14-8-10-18(12-16(14)3)20-6-5-7-21(22(20)23)19-11-9-15(2)17(4)13-19;/h3*5-13,23H,1-4H3;/q;;;+3/p-3. The van der Waals surface area contributed by atoms with Crippen LogP contribution in [0.1, 0.15) is 66.8 Å². The van der Waals surface area contributed by atoms with Gasteiger partial charge in [-0.15, -0.1) is 0 Å². The van der Waals surface area contributed by atoms with Gasteiger partial charge >= 0.3 is 17.4 Å². The number of hydrogen-bond donors (Lipinski definition) is 0. The van der Waals surface area contributed by atoms with Crippen LogP contribution >= 0.6 is 0 Å². The average molecular weight is 931 g/mol. The summed E-state index contributed by atoms with van der Waals surface area (Å²) in [4.78, 5) is 0. The maximum Gasteiger partial charge on any atom is 3.00 e. The average Bonchev–Trinajstić information content (AvgIpc) is 3.33. The van der Waals surface area contributed by atoms with E-state index in [2.05, 4.69) is 156 Å². The van der Waals surface area contributed by atoms with Gasteiger partial charge in [0.25, 0.3) is 0 Å². The van der Waals surface area contributed by atoms with Gasteiger partial charge in [-0.05, 0) is 217 Å². The molecule has 4 heteroatoms. The SMILES string of the molecule is Cc1ccc(-c2cccc(-c3ccc(C)c(C)c3)c2[O-])cc1C.Cc1ccc(-c2cccc(-c3ccc(C)c(C)c3)c2[O-])cc1C.Cc1ccc(-c2cccc(-c3ccc(C)c(C)c3)c2[O-])cc1C.[Al+3]. The van der Waals surface area contributed by atoms with Crippen LogP contribution in [0.4, 0.5) is 0 Å². The molecule has 70 heavy (non-hydrogen) atoms. The van der Waals surface area contributed by atoms with Crippen LogP contribution in [-0.4, -0.2) is 17.4 Å². The van der Waals surface area contributed by atoms with Crippen LogP contribution in [0.3, 0.4) is 0 Å². The monoisotopic (exact) mass is 930 g/mol. The molecule has 0 spiro atoms. The maximum atomic E-state index is 13.0. The molecule has 0 fully saturated rings. The normalized spacial score (nSPS) is 10.6. The van der Waals surface area contributed by atoms with E-state index in [1.807, 2.05) is 91.0 Å². The summed E-state index contributed by atoms with van der Waals surface area (Å²) >= 11 is 0. The van der Waals surface area contributed by atoms with Crippen molar-refractivity contribution in [3.8, 4) is 84.0 Å². The van der Waals surface area contributed by atoms with Crippen molar-refractivity contribution in [1.29, 1.82) is 0 Å². The minimum atomic E-state index is 0. The first kappa shape index (κ1) is 52.3. The van der Waals surface area contributed by atoms with Crippen molar-refractivity contribution >= 4 is 17.4 Å². The molecular weight excluding hydrogens is 868 g/mol. The Morgan fingerprint density at radius 1 is 0.200 bits per heavy atom. The minimum absolute atomic E-state index is 0. The van der Waals surface area contributed by atoms with Gasteiger partial charge in [0.1, 0.15) is 0 Å². The second-order valence-corrected chi connectivity index (χ2v) is 18.8. The third kappa shape index (κ3) is 11.7. The summed E-state index contributed by atoms with van der Waals surface area (Å²) in [6.07, 6.45) is 0. The van der Waals surface area contributed by atoms with E-state index in [-0.39, 0.29) is 34.6 Å². The first-order valence-corrected chi connectivity index (χ1v) is 23.8. The first-order chi connectivity index (χ1) is 32.9. The topological polar surface area (TPSA) is 69.2 Å². The zero-order valence-corrected chi connectivity index (χ0v) is 44.0. The quantitative estimate of drug-likeness (QED) is 0.156. The molecule has 0 N–H and O–H groups in total. The molecule has 0 amide bonds. The number of hydrogen-bond acceptors (Lipinski definition) is 3. The minimum Gasteiger partial charge on any atom is -0.872 e. The summed E-state index contributed by atoms with van der Waals surface area (Å²) in [5.41, 5.74) is 25.2. The summed E-state index contributed by atoms with van der Waals surface area (Å²) < 4.78 is 0. The molecule has 348 valence electrons. The Morgan fingerprint density at radius 2 is 0.343 bits per heavy atom. The van der Waals surface area contributed by atoms with Crippen LogP contribution in [0.2, 0.25) is 0 Å². The van der Waals surface area contributed by atoms with Gasteiger partial charge in [-0.1, -0.05) is 181 Å². The Labute approximate surface area is 428 Å². The number of benzene rings is 9. The summed E-state index contributed by atoms with van der Waals surface area (Å²) in [6, 6.07) is 54.6. The Morgan fingerprint density at radius 3 is 0.471 bits per heavy atom. The molecule has 9 aromatic rings. The Hall–Kier alpha value is -7.09. The van der Waals surface area contributed by atoms with Gasteiger partial charge in [-0.3, -0.25) is 0 Å². The van der Waals surface area contributed by atoms with E-state index in [4.69, 9.17) is 0 Å². The van der Waals surface area contributed by atoms with Gasteiger partial charge in [0, 0.05) is 0 Å². The summed E-state index contributed by atoms with van der Waals surface area (Å²) in [5, 5.41) is 38.9. The fourth-order valence-electron chi connectivity index (χ4n) is 8.43. The van der Waals surface area contributed by atoms with Crippen molar-refractivity contribution in [2.24, 2.45) is 0 Å². The van der Waals surface area contributed by atoms with Gasteiger partial charge < -0.3 is 15.3 Å². The van der Waals surface area contributed by atoms with Crippen molar-refractivity contribution in [3.05, 3.63) is 231 Å². The Balaban J connectivity index is 0.000000171. The Bertz CT molecular complexity index is 2780. The predicted octanol–water partition coefficient (Wildman–Crippen LogP) is 15.6. The van der Waals surface area contributed by atoms with E-state index >= 15 is 0 Å². The summed E-state index contributed by atoms with van der Waals surface area (Å²) in [6.45, 7) is 25.0. The molecule has 0 saturated heterocycles. The van der Waals surface area contributed by atoms with Crippen LogP contribution in [0.15, 0.2) is 164 Å². The van der Waals surface area contributed by atoms with Crippen LogP contribution in [-0.2, 0) is 0 Å². The van der Waals surface area contributed by atoms with Crippen molar-refractivity contribution in [3.63, 3.8) is 0 Å². The molecule has 0 radical (unpaired) electrons. The zero-order chi connectivity index (χ0) is 49.7. The zero-order valence-electron chi connectivity index (χ0n) is 42.9. The number of aryl methyl sites for hydroxylation is 12. The third-order valence-corrected chi connectivity index (χ3v) is 14.0. The van der Waals surface area contributed by atoms with Crippen molar-refractivity contribution in [2.75, 3.05) is 0 Å². The molecule has 9 aromatic carbocycles. The van der Waals surface area contributed by atoms with Gasteiger partial charge in [0.15, 0.2) is 0 Å². The number of para-hydroxylation sites is 3. The van der Waals surface area contributed by atoms with Crippen LogP contribution in [0, 0.1) is 83.1 Å². The molecule has 3 nitrogen and oxygen atoms in total. The molecule has 0 aliphatic carbocycles. The van der Waals surface area contributed by atoms with E-state index in [9.17, 15) is 15.3 Å². The molecular formula is C66H63AlO3. The molecule has 0 saturated carbocycles. The Kier molecular flexibility index (Phi) is 16.8. The summed E-state index contributed by atoms with van der Waals surface area (Å²) in [7, 11) is 0. The predicted molar refractivity (Wildman–Crippen MR) is 293 cm³/mol. The summed E-state index contributed by atoms with van der Waals surface area (Å²) in [5.74, 6) is 0.289. The van der Waals surface area contributed by atoms with E-state index in [0.29, 0.717) is 0 Å². The van der Waals surface area contributed by atoms with E-state index in [1.54, 1.807) is 0 Å². The molecule has 9 rings (SSSR count). The largest absolute Gasteiger partial charge is 3.00 e.